The van der Waals surface area contributed by atoms with Crippen LogP contribution in [0.25, 0.3) is 11.0 Å². The highest BCUT2D eigenvalue weighted by Gasteiger charge is 2.06. The molecule has 0 radical (unpaired) electrons. The van der Waals surface area contributed by atoms with Crippen molar-refractivity contribution in [2.75, 3.05) is 12.4 Å². The van der Waals surface area contributed by atoms with Gasteiger partial charge in [0.05, 0.1) is 29.6 Å². The highest BCUT2D eigenvalue weighted by atomic mass is 32.2. The maximum atomic E-state index is 11.9. The van der Waals surface area contributed by atoms with Crippen molar-refractivity contribution >= 4 is 34.9 Å². The van der Waals surface area contributed by atoms with Gasteiger partial charge in [-0.05, 0) is 48.4 Å². The van der Waals surface area contributed by atoms with Gasteiger partial charge in [0.2, 0.25) is 0 Å². The Morgan fingerprint density at radius 3 is 2.82 bits per heavy atom. The van der Waals surface area contributed by atoms with Gasteiger partial charge in [-0.15, -0.1) is 0 Å². The van der Waals surface area contributed by atoms with E-state index in [9.17, 15) is 4.79 Å². The van der Waals surface area contributed by atoms with E-state index in [1.807, 2.05) is 48.5 Å². The summed E-state index contributed by atoms with van der Waals surface area (Å²) in [5.74, 6) is 0.902. The van der Waals surface area contributed by atoms with Crippen LogP contribution in [0, 0.1) is 0 Å². The van der Waals surface area contributed by atoms with Gasteiger partial charge in [-0.1, -0.05) is 43.7 Å². The molecule has 3 rings (SSSR count). The number of amides is 1. The monoisotopic (exact) mass is 396 g/mol. The number of aromatic nitrogens is 2. The van der Waals surface area contributed by atoms with Gasteiger partial charge in [0.1, 0.15) is 5.75 Å². The molecule has 0 aliphatic carbocycles. The van der Waals surface area contributed by atoms with Gasteiger partial charge in [0, 0.05) is 0 Å². The van der Waals surface area contributed by atoms with Gasteiger partial charge in [0.15, 0.2) is 5.16 Å². The first-order valence-electron chi connectivity index (χ1n) is 9.37. The van der Waals surface area contributed by atoms with E-state index in [2.05, 4.69) is 27.4 Å². The maximum Gasteiger partial charge on any atom is 0.250 e. The summed E-state index contributed by atoms with van der Waals surface area (Å²) in [4.78, 5) is 19.6. The predicted molar refractivity (Wildman–Crippen MR) is 114 cm³/mol. The number of hydrogen-bond acceptors (Lipinski definition) is 5. The summed E-state index contributed by atoms with van der Waals surface area (Å²) in [7, 11) is 0. The van der Waals surface area contributed by atoms with Crippen molar-refractivity contribution < 1.29 is 9.53 Å². The average molecular weight is 397 g/mol. The number of carbonyl (C=O) groups excluding carboxylic acids is 1. The molecule has 2 N–H and O–H groups in total. The maximum absolute atomic E-state index is 11.9. The van der Waals surface area contributed by atoms with Crippen LogP contribution < -0.4 is 10.2 Å². The summed E-state index contributed by atoms with van der Waals surface area (Å²) >= 11 is 1.34. The van der Waals surface area contributed by atoms with Crippen LogP contribution in [0.2, 0.25) is 0 Å². The number of benzene rings is 2. The fourth-order valence-corrected chi connectivity index (χ4v) is 3.21. The van der Waals surface area contributed by atoms with Crippen molar-refractivity contribution in [1.29, 1.82) is 0 Å². The van der Waals surface area contributed by atoms with Gasteiger partial charge in [-0.2, -0.15) is 5.10 Å². The molecule has 28 heavy (non-hydrogen) atoms. The number of aromatic amines is 1. The van der Waals surface area contributed by atoms with Gasteiger partial charge < -0.3 is 9.72 Å². The zero-order valence-electron chi connectivity index (χ0n) is 15.9. The number of hydrogen-bond donors (Lipinski definition) is 2. The molecule has 0 saturated carbocycles. The number of hydrazone groups is 1. The summed E-state index contributed by atoms with van der Waals surface area (Å²) in [6, 6.07) is 15.4. The molecule has 146 valence electrons. The summed E-state index contributed by atoms with van der Waals surface area (Å²) in [5.41, 5.74) is 5.28. The van der Waals surface area contributed by atoms with Crippen LogP contribution >= 0.6 is 11.8 Å². The van der Waals surface area contributed by atoms with Crippen LogP contribution in [0.15, 0.2) is 58.8 Å². The quantitative estimate of drug-likeness (QED) is 0.231. The van der Waals surface area contributed by atoms with Gasteiger partial charge >= 0.3 is 0 Å². The number of imidazole rings is 1. The van der Waals surface area contributed by atoms with E-state index in [4.69, 9.17) is 4.74 Å². The van der Waals surface area contributed by atoms with Crippen molar-refractivity contribution in [2.24, 2.45) is 5.10 Å². The summed E-state index contributed by atoms with van der Waals surface area (Å²) in [6.07, 6.45) is 5.04. The van der Waals surface area contributed by atoms with Crippen LogP contribution in [0.5, 0.6) is 5.75 Å². The second kappa shape index (κ2) is 10.5. The average Bonchev–Trinajstić information content (AvgIpc) is 3.14. The van der Waals surface area contributed by atoms with Gasteiger partial charge in [0.25, 0.3) is 5.91 Å². The zero-order chi connectivity index (χ0) is 19.6. The fraction of sp³-hybridized carbons (Fsp3) is 0.286. The van der Waals surface area contributed by atoms with Crippen LogP contribution in [-0.2, 0) is 4.79 Å². The molecular formula is C21H24N4O2S. The molecule has 1 heterocycles. The number of ether oxygens (including phenoxy) is 1. The Morgan fingerprint density at radius 1 is 1.21 bits per heavy atom. The molecule has 0 spiro atoms. The van der Waals surface area contributed by atoms with Crippen LogP contribution in [0.1, 0.15) is 31.7 Å². The van der Waals surface area contributed by atoms with Gasteiger partial charge in [-0.25, -0.2) is 10.4 Å². The second-order valence-corrected chi connectivity index (χ2v) is 7.23. The van der Waals surface area contributed by atoms with Crippen molar-refractivity contribution in [3.63, 3.8) is 0 Å². The largest absolute Gasteiger partial charge is 0.494 e. The lowest BCUT2D eigenvalue weighted by Crippen LogP contribution is -2.19. The van der Waals surface area contributed by atoms with E-state index in [1.165, 1.54) is 24.6 Å². The third-order valence-corrected chi connectivity index (χ3v) is 4.88. The van der Waals surface area contributed by atoms with E-state index in [1.54, 1.807) is 6.21 Å². The molecule has 0 fully saturated rings. The fourth-order valence-electron chi connectivity index (χ4n) is 2.53. The Hall–Kier alpha value is -2.80. The molecule has 0 bridgehead atoms. The number of nitrogens with one attached hydrogen (secondary N) is 2. The molecule has 1 aromatic heterocycles. The number of unbranched alkanes of at least 4 members (excludes halogenated alkanes) is 2. The van der Waals surface area contributed by atoms with Crippen molar-refractivity contribution in [2.45, 2.75) is 31.3 Å². The van der Waals surface area contributed by atoms with E-state index in [0.29, 0.717) is 0 Å². The molecule has 7 heteroatoms. The molecule has 0 aliphatic rings. The minimum Gasteiger partial charge on any atom is -0.494 e. The first kappa shape index (κ1) is 19.9. The SMILES string of the molecule is CCCCCOc1ccc(/C=N/NC(=O)CSc2nc3ccccc3[nH]2)cc1. The van der Waals surface area contributed by atoms with Crippen LogP contribution in [-0.4, -0.2) is 34.4 Å². The number of para-hydroxylation sites is 2. The lowest BCUT2D eigenvalue weighted by Gasteiger charge is -2.05. The first-order valence-corrected chi connectivity index (χ1v) is 10.4. The van der Waals surface area contributed by atoms with Crippen LogP contribution in [0.3, 0.4) is 0 Å². The third-order valence-electron chi connectivity index (χ3n) is 4.01. The van der Waals surface area contributed by atoms with E-state index >= 15 is 0 Å². The number of H-pyrrole nitrogens is 1. The Bertz CT molecular complexity index is 889. The first-order chi connectivity index (χ1) is 13.7. The summed E-state index contributed by atoms with van der Waals surface area (Å²) in [6.45, 7) is 2.91. The van der Waals surface area contributed by atoms with Crippen molar-refractivity contribution in [1.82, 2.24) is 15.4 Å². The topological polar surface area (TPSA) is 79.4 Å². The van der Waals surface area contributed by atoms with E-state index < -0.39 is 0 Å². The number of fused-ring (bicyclic) bond motifs is 1. The third kappa shape index (κ3) is 6.13. The molecule has 0 aliphatic heterocycles. The van der Waals surface area contributed by atoms with E-state index in [-0.39, 0.29) is 11.7 Å². The molecule has 0 saturated heterocycles. The smallest absolute Gasteiger partial charge is 0.250 e. The summed E-state index contributed by atoms with van der Waals surface area (Å²) < 4.78 is 5.68. The summed E-state index contributed by atoms with van der Waals surface area (Å²) in [5, 5.41) is 4.72. The zero-order valence-corrected chi connectivity index (χ0v) is 16.7. The standard InChI is InChI=1S/C21H24N4O2S/c1-2-3-6-13-27-17-11-9-16(10-12-17)14-22-25-20(26)15-28-21-23-18-7-4-5-8-19(18)24-21/h4-5,7-12,14H,2-3,6,13,15H2,1H3,(H,23,24)(H,25,26)/b22-14+. The number of nitrogens with zero attached hydrogens (tertiary/aromatic N) is 2. The van der Waals surface area contributed by atoms with Crippen molar-refractivity contribution in [3.8, 4) is 5.75 Å². The highest BCUT2D eigenvalue weighted by Crippen LogP contribution is 2.18. The van der Waals surface area contributed by atoms with Gasteiger partial charge in [-0.3, -0.25) is 4.79 Å². The minimum atomic E-state index is -0.183. The molecule has 1 amide bonds. The lowest BCUT2D eigenvalue weighted by atomic mass is 10.2. The number of thioether (sulfide) groups is 1. The second-order valence-electron chi connectivity index (χ2n) is 6.27. The Kier molecular flexibility index (Phi) is 7.49. The normalized spacial score (nSPS) is 11.2. The Labute approximate surface area is 168 Å². The van der Waals surface area contributed by atoms with Crippen LogP contribution in [0.4, 0.5) is 0 Å². The molecule has 0 unspecified atom stereocenters. The molecule has 3 aromatic rings. The predicted octanol–water partition coefficient (Wildman–Crippen LogP) is 4.37. The molecule has 6 nitrogen and oxygen atoms in total. The highest BCUT2D eigenvalue weighted by molar-refractivity contribution is 7.99. The molecular weight excluding hydrogens is 372 g/mol. The Morgan fingerprint density at radius 2 is 2.04 bits per heavy atom. The number of rotatable bonds is 10. The number of carbonyl (C=O) groups is 1. The van der Waals surface area contributed by atoms with Crippen molar-refractivity contribution in [3.05, 3.63) is 54.1 Å². The lowest BCUT2D eigenvalue weighted by molar-refractivity contribution is -0.118. The van der Waals surface area contributed by atoms with E-state index in [0.717, 1.165) is 40.5 Å². The Balaban J connectivity index is 1.40. The minimum absolute atomic E-state index is 0.183. The molecule has 2 aromatic carbocycles. The molecule has 0 atom stereocenters.